The molecule has 0 aliphatic rings. The average molecular weight is 441 g/mol. The molecular formula is C24H32N4O4. The Kier molecular flexibility index (Phi) is 10.2. The Labute approximate surface area is 189 Å². The largest absolute Gasteiger partial charge is 0.445 e. The number of carbonyl (C=O) groups is 3. The second-order valence-electron chi connectivity index (χ2n) is 7.90. The van der Waals surface area contributed by atoms with Crippen molar-refractivity contribution in [2.75, 3.05) is 0 Å². The first kappa shape index (κ1) is 24.8. The lowest BCUT2D eigenvalue weighted by Gasteiger charge is -2.23. The third kappa shape index (κ3) is 8.75. The molecule has 0 aliphatic heterocycles. The SMILES string of the molecule is CC[C@H](NC(=O)[C@H](CC(C)C)NC(=O)OCc1ccccc1)C(=O)NCc1ccccn1. The van der Waals surface area contributed by atoms with Crippen molar-refractivity contribution in [2.45, 2.75) is 58.8 Å². The smallest absolute Gasteiger partial charge is 0.408 e. The van der Waals surface area contributed by atoms with Crippen LogP contribution in [0.5, 0.6) is 0 Å². The molecule has 8 nitrogen and oxygen atoms in total. The number of rotatable bonds is 11. The summed E-state index contributed by atoms with van der Waals surface area (Å²) in [4.78, 5) is 41.8. The molecule has 0 spiro atoms. The Bertz CT molecular complexity index is 859. The number of alkyl carbamates (subject to hydrolysis) is 1. The van der Waals surface area contributed by atoms with Crippen LogP contribution in [0, 0.1) is 5.92 Å². The van der Waals surface area contributed by atoms with E-state index in [0.717, 1.165) is 11.3 Å². The number of nitrogens with zero attached hydrogens (tertiary/aromatic N) is 1. The molecule has 0 bridgehead atoms. The van der Waals surface area contributed by atoms with Crippen LogP contribution < -0.4 is 16.0 Å². The van der Waals surface area contributed by atoms with Crippen molar-refractivity contribution in [1.29, 1.82) is 0 Å². The van der Waals surface area contributed by atoms with Crippen molar-refractivity contribution in [3.63, 3.8) is 0 Å². The van der Waals surface area contributed by atoms with Crippen LogP contribution in [-0.4, -0.2) is 35.0 Å². The fraction of sp³-hybridized carbons (Fsp3) is 0.417. The zero-order chi connectivity index (χ0) is 23.3. The summed E-state index contributed by atoms with van der Waals surface area (Å²) in [5, 5.41) is 8.16. The van der Waals surface area contributed by atoms with Crippen molar-refractivity contribution in [2.24, 2.45) is 5.92 Å². The number of aromatic nitrogens is 1. The lowest BCUT2D eigenvalue weighted by atomic mass is 10.0. The number of nitrogens with one attached hydrogen (secondary N) is 3. The molecule has 0 saturated carbocycles. The summed E-state index contributed by atoms with van der Waals surface area (Å²) in [6.45, 7) is 6.09. The maximum atomic E-state index is 12.9. The zero-order valence-corrected chi connectivity index (χ0v) is 18.8. The Morgan fingerprint density at radius 2 is 1.66 bits per heavy atom. The fourth-order valence-corrected chi connectivity index (χ4v) is 3.04. The van der Waals surface area contributed by atoms with Gasteiger partial charge in [0.25, 0.3) is 0 Å². The van der Waals surface area contributed by atoms with Crippen LogP contribution >= 0.6 is 0 Å². The van der Waals surface area contributed by atoms with Crippen molar-refractivity contribution in [3.8, 4) is 0 Å². The Morgan fingerprint density at radius 3 is 2.28 bits per heavy atom. The molecular weight excluding hydrogens is 408 g/mol. The van der Waals surface area contributed by atoms with E-state index >= 15 is 0 Å². The van der Waals surface area contributed by atoms with E-state index in [2.05, 4.69) is 20.9 Å². The minimum atomic E-state index is -0.809. The molecule has 3 amide bonds. The molecule has 32 heavy (non-hydrogen) atoms. The van der Waals surface area contributed by atoms with Crippen LogP contribution in [0.1, 0.15) is 44.9 Å². The van der Waals surface area contributed by atoms with E-state index in [1.54, 1.807) is 12.3 Å². The topological polar surface area (TPSA) is 109 Å². The van der Waals surface area contributed by atoms with Gasteiger partial charge in [0.2, 0.25) is 11.8 Å². The summed E-state index contributed by atoms with van der Waals surface area (Å²) in [6.07, 6.45) is 1.80. The van der Waals surface area contributed by atoms with E-state index in [1.165, 1.54) is 0 Å². The predicted molar refractivity (Wildman–Crippen MR) is 121 cm³/mol. The first-order valence-electron chi connectivity index (χ1n) is 10.8. The third-order valence-electron chi connectivity index (χ3n) is 4.74. The maximum absolute atomic E-state index is 12.9. The normalized spacial score (nSPS) is 12.5. The zero-order valence-electron chi connectivity index (χ0n) is 18.8. The van der Waals surface area contributed by atoms with E-state index in [-0.39, 0.29) is 25.0 Å². The molecule has 0 radical (unpaired) electrons. The van der Waals surface area contributed by atoms with Gasteiger partial charge in [-0.2, -0.15) is 0 Å². The summed E-state index contributed by atoms with van der Waals surface area (Å²) >= 11 is 0. The predicted octanol–water partition coefficient (Wildman–Crippen LogP) is 2.93. The number of hydrogen-bond acceptors (Lipinski definition) is 5. The molecule has 0 aliphatic carbocycles. The molecule has 3 N–H and O–H groups in total. The second kappa shape index (κ2) is 13.1. The Balaban J connectivity index is 1.91. The van der Waals surface area contributed by atoms with E-state index < -0.39 is 24.1 Å². The van der Waals surface area contributed by atoms with Gasteiger partial charge in [-0.1, -0.05) is 57.2 Å². The van der Waals surface area contributed by atoms with Crippen LogP contribution in [-0.2, 0) is 27.5 Å². The highest BCUT2D eigenvalue weighted by Gasteiger charge is 2.27. The molecule has 2 rings (SSSR count). The molecule has 2 aromatic rings. The maximum Gasteiger partial charge on any atom is 0.408 e. The monoisotopic (exact) mass is 440 g/mol. The fourth-order valence-electron chi connectivity index (χ4n) is 3.04. The van der Waals surface area contributed by atoms with Crippen LogP contribution in [0.3, 0.4) is 0 Å². The van der Waals surface area contributed by atoms with Crippen LogP contribution in [0.2, 0.25) is 0 Å². The van der Waals surface area contributed by atoms with Crippen LogP contribution in [0.4, 0.5) is 4.79 Å². The molecule has 0 fully saturated rings. The van der Waals surface area contributed by atoms with Gasteiger partial charge in [0.05, 0.1) is 12.2 Å². The summed E-state index contributed by atoms with van der Waals surface area (Å²) in [5.74, 6) is -0.574. The van der Waals surface area contributed by atoms with Crippen molar-refractivity contribution < 1.29 is 19.1 Å². The molecule has 2 atom stereocenters. The van der Waals surface area contributed by atoms with E-state index in [4.69, 9.17) is 4.74 Å². The van der Waals surface area contributed by atoms with Gasteiger partial charge in [-0.25, -0.2) is 4.79 Å². The number of benzene rings is 1. The van der Waals surface area contributed by atoms with Crippen LogP contribution in [0.15, 0.2) is 54.7 Å². The average Bonchev–Trinajstić information content (AvgIpc) is 2.80. The van der Waals surface area contributed by atoms with Gasteiger partial charge in [0, 0.05) is 6.20 Å². The van der Waals surface area contributed by atoms with E-state index in [9.17, 15) is 14.4 Å². The highest BCUT2D eigenvalue weighted by Crippen LogP contribution is 2.08. The summed E-state index contributed by atoms with van der Waals surface area (Å²) in [7, 11) is 0. The standard InChI is InChI=1S/C24H32N4O4/c1-4-20(22(29)26-15-19-12-8-9-13-25-19)27-23(30)21(14-17(2)3)28-24(31)32-16-18-10-6-5-7-11-18/h5-13,17,20-21H,4,14-16H2,1-3H3,(H,26,29)(H,27,30)(H,28,31)/t20-,21-/m0/s1. The lowest BCUT2D eigenvalue weighted by molar-refractivity contribution is -0.130. The Morgan fingerprint density at radius 1 is 0.938 bits per heavy atom. The van der Waals surface area contributed by atoms with Gasteiger partial charge >= 0.3 is 6.09 Å². The molecule has 1 aromatic carbocycles. The summed E-state index contributed by atoms with van der Waals surface area (Å²) in [6, 6.07) is 13.2. The van der Waals surface area contributed by atoms with Crippen molar-refractivity contribution >= 4 is 17.9 Å². The van der Waals surface area contributed by atoms with Crippen LogP contribution in [0.25, 0.3) is 0 Å². The van der Waals surface area contributed by atoms with Crippen molar-refractivity contribution in [3.05, 3.63) is 66.0 Å². The van der Waals surface area contributed by atoms with Crippen molar-refractivity contribution in [1.82, 2.24) is 20.9 Å². The molecule has 1 heterocycles. The van der Waals surface area contributed by atoms with Gasteiger partial charge < -0.3 is 20.7 Å². The summed E-state index contributed by atoms with van der Waals surface area (Å²) < 4.78 is 5.24. The van der Waals surface area contributed by atoms with Gasteiger partial charge in [0.1, 0.15) is 18.7 Å². The minimum Gasteiger partial charge on any atom is -0.445 e. The first-order valence-corrected chi connectivity index (χ1v) is 10.8. The van der Waals surface area contributed by atoms with Gasteiger partial charge in [0.15, 0.2) is 0 Å². The van der Waals surface area contributed by atoms with E-state index in [0.29, 0.717) is 12.8 Å². The van der Waals surface area contributed by atoms with Gasteiger partial charge in [-0.15, -0.1) is 0 Å². The molecule has 1 aromatic heterocycles. The molecule has 0 saturated heterocycles. The number of carbonyl (C=O) groups excluding carboxylic acids is 3. The van der Waals surface area contributed by atoms with Gasteiger partial charge in [-0.3, -0.25) is 14.6 Å². The molecule has 172 valence electrons. The highest BCUT2D eigenvalue weighted by molar-refractivity contribution is 5.91. The summed E-state index contributed by atoms with van der Waals surface area (Å²) in [5.41, 5.74) is 1.57. The Hall–Kier alpha value is -3.42. The number of ether oxygens (including phenoxy) is 1. The van der Waals surface area contributed by atoms with E-state index in [1.807, 2.05) is 63.2 Å². The third-order valence-corrected chi connectivity index (χ3v) is 4.74. The number of pyridine rings is 1. The number of hydrogen-bond donors (Lipinski definition) is 3. The molecule has 0 unspecified atom stereocenters. The molecule has 8 heteroatoms. The highest BCUT2D eigenvalue weighted by atomic mass is 16.5. The quantitative estimate of drug-likeness (QED) is 0.498. The first-order chi connectivity index (χ1) is 15.4. The second-order valence-corrected chi connectivity index (χ2v) is 7.90. The minimum absolute atomic E-state index is 0.107. The number of amides is 3. The van der Waals surface area contributed by atoms with Gasteiger partial charge in [-0.05, 0) is 36.5 Å². The lowest BCUT2D eigenvalue weighted by Crippen LogP contribution is -2.53.